The van der Waals surface area contributed by atoms with Crippen molar-refractivity contribution in [3.05, 3.63) is 58.6 Å². The molecule has 0 aliphatic carbocycles. The molecule has 130 valence electrons. The Kier molecular flexibility index (Phi) is 5.62. The van der Waals surface area contributed by atoms with Crippen LogP contribution < -0.4 is 10.1 Å². The highest BCUT2D eigenvalue weighted by Crippen LogP contribution is 2.16. The number of carbonyl (C=O) groups is 1. The molecule has 3 rings (SSSR count). The molecule has 3 aromatic rings. The molecule has 0 unspecified atom stereocenters. The van der Waals surface area contributed by atoms with Crippen molar-refractivity contribution in [1.82, 2.24) is 23.8 Å². The molecular weight excluding hydrogens is 362 g/mol. The van der Waals surface area contributed by atoms with E-state index in [9.17, 15) is 4.79 Å². The molecule has 2 heterocycles. The van der Waals surface area contributed by atoms with Gasteiger partial charge in [-0.05, 0) is 25.1 Å². The molecule has 0 fully saturated rings. The van der Waals surface area contributed by atoms with E-state index in [-0.39, 0.29) is 5.91 Å². The first kappa shape index (κ1) is 17.4. The highest BCUT2D eigenvalue weighted by Gasteiger charge is 2.08. The molecule has 0 spiro atoms. The van der Waals surface area contributed by atoms with Crippen molar-refractivity contribution < 1.29 is 9.53 Å². The van der Waals surface area contributed by atoms with Crippen molar-refractivity contribution in [1.29, 1.82) is 0 Å². The van der Waals surface area contributed by atoms with Gasteiger partial charge in [0.2, 0.25) is 0 Å². The zero-order chi connectivity index (χ0) is 17.6. The molecule has 9 heteroatoms. The number of rotatable bonds is 7. The Hall–Kier alpha value is -2.45. The van der Waals surface area contributed by atoms with Gasteiger partial charge in [0.1, 0.15) is 18.1 Å². The molecule has 25 heavy (non-hydrogen) atoms. The lowest BCUT2D eigenvalue weighted by molar-refractivity contribution is 0.0951. The second-order valence-electron chi connectivity index (χ2n) is 5.29. The third-order valence-electron chi connectivity index (χ3n) is 3.45. The van der Waals surface area contributed by atoms with Crippen molar-refractivity contribution >= 4 is 29.2 Å². The van der Waals surface area contributed by atoms with E-state index >= 15 is 0 Å². The normalized spacial score (nSPS) is 10.6. The standard InChI is InChI=1S/C16H16ClN5O2S/c1-11-15(21-25-20-11)10-24-14-4-2-3-12(7-14)16(23)18-5-6-22-9-13(17)8-19-22/h2-4,7-9H,5-6,10H2,1H3,(H,18,23). The van der Waals surface area contributed by atoms with Crippen LogP contribution in [0, 0.1) is 6.92 Å². The number of ether oxygens (including phenoxy) is 1. The summed E-state index contributed by atoms with van der Waals surface area (Å²) in [5.74, 6) is 0.439. The van der Waals surface area contributed by atoms with Crippen molar-refractivity contribution in [3.63, 3.8) is 0 Å². The van der Waals surface area contributed by atoms with Gasteiger partial charge in [-0.1, -0.05) is 17.7 Å². The SMILES string of the molecule is Cc1nsnc1COc1cccc(C(=O)NCCn2cc(Cl)cn2)c1. The number of hydrogen-bond acceptors (Lipinski definition) is 6. The van der Waals surface area contributed by atoms with Crippen LogP contribution >= 0.6 is 23.3 Å². The zero-order valence-electron chi connectivity index (χ0n) is 13.5. The molecule has 0 atom stereocenters. The fourth-order valence-electron chi connectivity index (χ4n) is 2.11. The minimum absolute atomic E-state index is 0.171. The Morgan fingerprint density at radius 2 is 2.28 bits per heavy atom. The summed E-state index contributed by atoms with van der Waals surface area (Å²) < 4.78 is 15.6. The molecule has 0 radical (unpaired) electrons. The van der Waals surface area contributed by atoms with E-state index < -0.39 is 0 Å². The number of nitrogens with zero attached hydrogens (tertiary/aromatic N) is 4. The molecule has 0 saturated carbocycles. The summed E-state index contributed by atoms with van der Waals surface area (Å²) in [7, 11) is 0. The molecule has 2 aromatic heterocycles. The molecule has 1 N–H and O–H groups in total. The quantitative estimate of drug-likeness (QED) is 0.684. The maximum Gasteiger partial charge on any atom is 0.251 e. The minimum atomic E-state index is -0.171. The number of carbonyl (C=O) groups excluding carboxylic acids is 1. The Bertz CT molecular complexity index is 864. The fraction of sp³-hybridized carbons (Fsp3) is 0.250. The topological polar surface area (TPSA) is 81.9 Å². The van der Waals surface area contributed by atoms with Gasteiger partial charge in [0.05, 0.1) is 35.2 Å². The molecule has 0 saturated heterocycles. The molecule has 1 aromatic carbocycles. The highest BCUT2D eigenvalue weighted by atomic mass is 35.5. The minimum Gasteiger partial charge on any atom is -0.487 e. The van der Waals surface area contributed by atoms with Crippen LogP contribution in [0.15, 0.2) is 36.7 Å². The van der Waals surface area contributed by atoms with Crippen LogP contribution in [-0.4, -0.2) is 31.0 Å². The molecule has 0 bridgehead atoms. The Morgan fingerprint density at radius 3 is 3.00 bits per heavy atom. The lowest BCUT2D eigenvalue weighted by Gasteiger charge is -2.08. The molecule has 0 aliphatic rings. The summed E-state index contributed by atoms with van der Waals surface area (Å²) in [4.78, 5) is 12.2. The van der Waals surface area contributed by atoms with Crippen LogP contribution in [0.5, 0.6) is 5.75 Å². The highest BCUT2D eigenvalue weighted by molar-refractivity contribution is 6.99. The third kappa shape index (κ3) is 4.77. The lowest BCUT2D eigenvalue weighted by atomic mass is 10.2. The second kappa shape index (κ2) is 8.09. The van der Waals surface area contributed by atoms with Gasteiger partial charge in [-0.25, -0.2) is 0 Å². The largest absolute Gasteiger partial charge is 0.487 e. The Balaban J connectivity index is 1.53. The first-order valence-corrected chi connectivity index (χ1v) is 8.69. The van der Waals surface area contributed by atoms with Gasteiger partial charge in [-0.2, -0.15) is 13.8 Å². The monoisotopic (exact) mass is 377 g/mol. The third-order valence-corrected chi connectivity index (χ3v) is 4.30. The van der Waals surface area contributed by atoms with E-state index in [2.05, 4.69) is 19.2 Å². The number of benzene rings is 1. The van der Waals surface area contributed by atoms with Crippen LogP contribution in [0.4, 0.5) is 0 Å². The summed E-state index contributed by atoms with van der Waals surface area (Å²) >= 11 is 6.96. The predicted molar refractivity (Wildman–Crippen MR) is 95.0 cm³/mol. The second-order valence-corrected chi connectivity index (χ2v) is 6.26. The molecule has 1 amide bonds. The number of hydrogen-bond donors (Lipinski definition) is 1. The first-order valence-electron chi connectivity index (χ1n) is 7.59. The summed E-state index contributed by atoms with van der Waals surface area (Å²) in [6.45, 7) is 3.21. The molecule has 7 nitrogen and oxygen atoms in total. The van der Waals surface area contributed by atoms with Gasteiger partial charge in [0, 0.05) is 18.3 Å². The van der Waals surface area contributed by atoms with Crippen molar-refractivity contribution in [2.45, 2.75) is 20.1 Å². The van der Waals surface area contributed by atoms with Crippen molar-refractivity contribution in [3.8, 4) is 5.75 Å². The number of aromatic nitrogens is 4. The fourth-order valence-corrected chi connectivity index (χ4v) is 2.81. The molecule has 0 aliphatic heterocycles. The Morgan fingerprint density at radius 1 is 1.40 bits per heavy atom. The van der Waals surface area contributed by atoms with Crippen molar-refractivity contribution in [2.24, 2.45) is 0 Å². The van der Waals surface area contributed by atoms with Crippen LogP contribution in [0.2, 0.25) is 5.02 Å². The number of nitrogens with one attached hydrogen (secondary N) is 1. The number of amides is 1. The summed E-state index contributed by atoms with van der Waals surface area (Å²) in [5, 5.41) is 7.47. The average molecular weight is 378 g/mol. The smallest absolute Gasteiger partial charge is 0.251 e. The van der Waals surface area contributed by atoms with Gasteiger partial charge in [-0.15, -0.1) is 0 Å². The lowest BCUT2D eigenvalue weighted by Crippen LogP contribution is -2.27. The number of aryl methyl sites for hydroxylation is 1. The van der Waals surface area contributed by atoms with Gasteiger partial charge >= 0.3 is 0 Å². The summed E-state index contributed by atoms with van der Waals surface area (Å²) in [6, 6.07) is 7.03. The van der Waals surface area contributed by atoms with Gasteiger partial charge in [0.15, 0.2) is 0 Å². The van der Waals surface area contributed by atoms with Crippen LogP contribution in [0.1, 0.15) is 21.7 Å². The van der Waals surface area contributed by atoms with Gasteiger partial charge in [-0.3, -0.25) is 9.48 Å². The first-order chi connectivity index (χ1) is 12.1. The summed E-state index contributed by atoms with van der Waals surface area (Å²) in [5.41, 5.74) is 2.19. The summed E-state index contributed by atoms with van der Waals surface area (Å²) in [6.07, 6.45) is 3.27. The predicted octanol–water partition coefficient (Wildman–Crippen LogP) is 2.71. The van der Waals surface area contributed by atoms with Gasteiger partial charge in [0.25, 0.3) is 5.91 Å². The van der Waals surface area contributed by atoms with E-state index in [4.69, 9.17) is 16.3 Å². The van der Waals surface area contributed by atoms with Gasteiger partial charge < -0.3 is 10.1 Å². The van der Waals surface area contributed by atoms with E-state index in [1.54, 1.807) is 41.3 Å². The van der Waals surface area contributed by atoms with E-state index in [1.165, 1.54) is 0 Å². The maximum atomic E-state index is 12.2. The Labute approximate surface area is 153 Å². The van der Waals surface area contributed by atoms with Crippen LogP contribution in [0.25, 0.3) is 0 Å². The zero-order valence-corrected chi connectivity index (χ0v) is 15.0. The van der Waals surface area contributed by atoms with E-state index in [1.807, 2.05) is 6.92 Å². The van der Waals surface area contributed by atoms with Crippen LogP contribution in [-0.2, 0) is 13.2 Å². The van der Waals surface area contributed by atoms with Crippen LogP contribution in [0.3, 0.4) is 0 Å². The van der Waals surface area contributed by atoms with E-state index in [0.29, 0.717) is 36.0 Å². The molecular formula is C16H16ClN5O2S. The van der Waals surface area contributed by atoms with E-state index in [0.717, 1.165) is 23.1 Å². The average Bonchev–Trinajstić information content (AvgIpc) is 3.21. The number of halogens is 1. The maximum absolute atomic E-state index is 12.2. The van der Waals surface area contributed by atoms with Crippen molar-refractivity contribution in [2.75, 3.05) is 6.54 Å².